The molecule has 0 saturated heterocycles. The molecule has 0 aliphatic heterocycles. The molecule has 2 aromatic rings. The van der Waals surface area contributed by atoms with Gasteiger partial charge in [0.1, 0.15) is 7.85 Å². The standard InChI is InChI=1S/C14H6BBrO2/c15-7-1-3-9-10-4-2-8(16)6-12(10)14(18)13(17)11(9)5-7/h1-6H. The summed E-state index contributed by atoms with van der Waals surface area (Å²) in [6, 6.07) is 10.4. The van der Waals surface area contributed by atoms with Crippen molar-refractivity contribution in [2.24, 2.45) is 0 Å². The van der Waals surface area contributed by atoms with Crippen LogP contribution in [0.15, 0.2) is 40.9 Å². The van der Waals surface area contributed by atoms with E-state index in [-0.39, 0.29) is 0 Å². The first-order valence-electron chi connectivity index (χ1n) is 5.36. The molecule has 18 heavy (non-hydrogen) atoms. The molecule has 2 nitrogen and oxygen atoms in total. The molecule has 4 heteroatoms. The van der Waals surface area contributed by atoms with Gasteiger partial charge in [-0.3, -0.25) is 9.59 Å². The Hall–Kier alpha value is -1.68. The van der Waals surface area contributed by atoms with Crippen LogP contribution in [0.5, 0.6) is 0 Å². The summed E-state index contributed by atoms with van der Waals surface area (Å²) in [4.78, 5) is 24.1. The lowest BCUT2D eigenvalue weighted by Gasteiger charge is -2.18. The highest BCUT2D eigenvalue weighted by atomic mass is 79.9. The minimum Gasteiger partial charge on any atom is -0.285 e. The van der Waals surface area contributed by atoms with Gasteiger partial charge >= 0.3 is 0 Å². The molecular weight excluding hydrogens is 291 g/mol. The molecule has 2 radical (unpaired) electrons. The second-order valence-electron chi connectivity index (χ2n) is 4.15. The molecular formula is C14H6BBrO2. The van der Waals surface area contributed by atoms with E-state index in [1.165, 1.54) is 0 Å². The Bertz CT molecular complexity index is 645. The van der Waals surface area contributed by atoms with E-state index >= 15 is 0 Å². The quantitative estimate of drug-likeness (QED) is 0.552. The summed E-state index contributed by atoms with van der Waals surface area (Å²) in [6.45, 7) is 0. The molecule has 0 spiro atoms. The molecule has 0 fully saturated rings. The van der Waals surface area contributed by atoms with Gasteiger partial charge in [-0.1, -0.05) is 45.7 Å². The Morgan fingerprint density at radius 1 is 0.778 bits per heavy atom. The van der Waals surface area contributed by atoms with E-state index in [1.807, 2.05) is 12.1 Å². The van der Waals surface area contributed by atoms with Gasteiger partial charge in [-0.2, -0.15) is 0 Å². The van der Waals surface area contributed by atoms with E-state index in [0.29, 0.717) is 16.6 Å². The highest BCUT2D eigenvalue weighted by molar-refractivity contribution is 9.10. The fourth-order valence-electron chi connectivity index (χ4n) is 2.17. The summed E-state index contributed by atoms with van der Waals surface area (Å²) in [5.41, 5.74) is 2.84. The van der Waals surface area contributed by atoms with E-state index in [1.54, 1.807) is 24.3 Å². The van der Waals surface area contributed by atoms with E-state index in [4.69, 9.17) is 7.85 Å². The molecule has 0 unspecified atom stereocenters. The van der Waals surface area contributed by atoms with E-state index < -0.39 is 11.6 Å². The number of hydrogen-bond acceptors (Lipinski definition) is 2. The molecule has 3 rings (SSSR count). The number of Topliss-reactive ketones (excluding diaryl/α,β-unsaturated/α-hetero) is 2. The zero-order valence-electron chi connectivity index (χ0n) is 9.24. The van der Waals surface area contributed by atoms with Crippen LogP contribution in [-0.4, -0.2) is 19.4 Å². The van der Waals surface area contributed by atoms with Crippen LogP contribution in [0.2, 0.25) is 0 Å². The normalized spacial score (nSPS) is 13.2. The lowest BCUT2D eigenvalue weighted by atomic mass is 9.81. The van der Waals surface area contributed by atoms with Gasteiger partial charge in [0.2, 0.25) is 11.6 Å². The largest absolute Gasteiger partial charge is 0.285 e. The number of ketones is 2. The number of fused-ring (bicyclic) bond motifs is 3. The molecule has 0 N–H and O–H groups in total. The smallest absolute Gasteiger partial charge is 0.234 e. The van der Waals surface area contributed by atoms with Gasteiger partial charge in [-0.25, -0.2) is 0 Å². The van der Waals surface area contributed by atoms with Crippen molar-refractivity contribution in [1.82, 2.24) is 0 Å². The zero-order chi connectivity index (χ0) is 12.9. The van der Waals surface area contributed by atoms with Gasteiger partial charge in [0.05, 0.1) is 0 Å². The predicted molar refractivity (Wildman–Crippen MR) is 73.6 cm³/mol. The van der Waals surface area contributed by atoms with Crippen LogP contribution >= 0.6 is 15.9 Å². The maximum atomic E-state index is 12.0. The maximum absolute atomic E-state index is 12.0. The average Bonchev–Trinajstić information content (AvgIpc) is 2.36. The molecule has 0 aromatic heterocycles. The molecule has 0 saturated carbocycles. The number of halogens is 1. The van der Waals surface area contributed by atoms with Gasteiger partial charge < -0.3 is 0 Å². The van der Waals surface area contributed by atoms with Crippen molar-refractivity contribution in [1.29, 1.82) is 0 Å². The maximum Gasteiger partial charge on any atom is 0.234 e. The van der Waals surface area contributed by atoms with Crippen molar-refractivity contribution in [3.8, 4) is 11.1 Å². The van der Waals surface area contributed by atoms with Gasteiger partial charge in [0.15, 0.2) is 0 Å². The van der Waals surface area contributed by atoms with Crippen LogP contribution in [0.4, 0.5) is 0 Å². The Balaban J connectivity index is 2.38. The molecule has 0 amide bonds. The van der Waals surface area contributed by atoms with Crippen molar-refractivity contribution in [2.75, 3.05) is 0 Å². The van der Waals surface area contributed by atoms with Crippen molar-refractivity contribution in [3.63, 3.8) is 0 Å². The summed E-state index contributed by atoms with van der Waals surface area (Å²) in [7, 11) is 5.66. The van der Waals surface area contributed by atoms with E-state index in [2.05, 4.69) is 15.9 Å². The third-order valence-electron chi connectivity index (χ3n) is 3.01. The Morgan fingerprint density at radius 3 is 2.00 bits per heavy atom. The van der Waals surface area contributed by atoms with Gasteiger partial charge in [-0.15, -0.1) is 0 Å². The lowest BCUT2D eigenvalue weighted by Crippen LogP contribution is -2.23. The van der Waals surface area contributed by atoms with Gasteiger partial charge in [0, 0.05) is 15.6 Å². The summed E-state index contributed by atoms with van der Waals surface area (Å²) in [6.07, 6.45) is 0. The first kappa shape index (κ1) is 11.4. The third kappa shape index (κ3) is 1.56. The minimum atomic E-state index is -0.497. The van der Waals surface area contributed by atoms with Crippen molar-refractivity contribution >= 4 is 40.8 Å². The Kier molecular flexibility index (Phi) is 2.49. The molecule has 0 atom stereocenters. The van der Waals surface area contributed by atoms with Crippen LogP contribution < -0.4 is 5.46 Å². The fraction of sp³-hybridized carbons (Fsp3) is 0. The second kappa shape index (κ2) is 3.92. The van der Waals surface area contributed by atoms with Crippen molar-refractivity contribution < 1.29 is 9.59 Å². The van der Waals surface area contributed by atoms with E-state index in [9.17, 15) is 9.59 Å². The van der Waals surface area contributed by atoms with Gasteiger partial charge in [0.25, 0.3) is 0 Å². The summed E-state index contributed by atoms with van der Waals surface area (Å²) in [5, 5.41) is 0. The van der Waals surface area contributed by atoms with Gasteiger partial charge in [-0.05, 0) is 23.3 Å². The Labute approximate surface area is 114 Å². The molecule has 84 valence electrons. The number of carbonyl (C=O) groups excluding carboxylic acids is 2. The van der Waals surface area contributed by atoms with Crippen LogP contribution in [-0.2, 0) is 0 Å². The lowest BCUT2D eigenvalue weighted by molar-refractivity contribution is 0.0815. The molecule has 1 aliphatic carbocycles. The zero-order valence-corrected chi connectivity index (χ0v) is 10.8. The summed E-state index contributed by atoms with van der Waals surface area (Å²) in [5.74, 6) is -0.979. The predicted octanol–water partition coefficient (Wildman–Crippen LogP) is 2.29. The van der Waals surface area contributed by atoms with E-state index in [0.717, 1.165) is 15.6 Å². The fourth-order valence-corrected chi connectivity index (χ4v) is 2.53. The first-order valence-corrected chi connectivity index (χ1v) is 6.15. The van der Waals surface area contributed by atoms with Crippen LogP contribution in [0.1, 0.15) is 20.7 Å². The summed E-state index contributed by atoms with van der Waals surface area (Å²) < 4.78 is 0.779. The topological polar surface area (TPSA) is 34.1 Å². The third-order valence-corrected chi connectivity index (χ3v) is 3.50. The van der Waals surface area contributed by atoms with Crippen LogP contribution in [0.3, 0.4) is 0 Å². The van der Waals surface area contributed by atoms with Crippen LogP contribution in [0.25, 0.3) is 11.1 Å². The molecule has 0 heterocycles. The average molecular weight is 297 g/mol. The monoisotopic (exact) mass is 296 g/mol. The van der Waals surface area contributed by atoms with Crippen molar-refractivity contribution in [3.05, 3.63) is 52.0 Å². The van der Waals surface area contributed by atoms with Crippen molar-refractivity contribution in [2.45, 2.75) is 0 Å². The molecule has 0 bridgehead atoms. The number of rotatable bonds is 0. The van der Waals surface area contributed by atoms with Crippen LogP contribution in [0, 0.1) is 0 Å². The first-order chi connectivity index (χ1) is 8.58. The highest BCUT2D eigenvalue weighted by Gasteiger charge is 2.30. The SMILES string of the molecule is [B]c1ccc2c(c1)C(=O)C(=O)c1cc(Br)ccc1-2. The summed E-state index contributed by atoms with van der Waals surface area (Å²) >= 11 is 3.31. The number of hydrogen-bond donors (Lipinski definition) is 0. The molecule has 2 aromatic carbocycles. The number of benzene rings is 2. The number of carbonyl (C=O) groups is 2. The second-order valence-corrected chi connectivity index (χ2v) is 5.07. The molecule has 1 aliphatic rings. The highest BCUT2D eigenvalue weighted by Crippen LogP contribution is 2.34. The Morgan fingerprint density at radius 2 is 1.33 bits per heavy atom. The minimum absolute atomic E-state index is 0.384.